The third-order valence-corrected chi connectivity index (χ3v) is 6.29. The highest BCUT2D eigenvalue weighted by atomic mass is 32.1. The second kappa shape index (κ2) is 8.18. The van der Waals surface area contributed by atoms with Crippen LogP contribution in [-0.4, -0.2) is 59.0 Å². The maximum absolute atomic E-state index is 12.5. The monoisotopic (exact) mass is 371 g/mol. The number of carbonyl (C=O) groups excluding carboxylic acids is 1. The number of hydrogen-bond donors (Lipinski definition) is 0. The molecule has 0 N–H and O–H groups in total. The van der Waals surface area contributed by atoms with E-state index < -0.39 is 0 Å². The van der Waals surface area contributed by atoms with Crippen molar-refractivity contribution >= 4 is 17.2 Å². The Balaban J connectivity index is 1.23. The first-order valence-corrected chi connectivity index (χ1v) is 10.3. The van der Waals surface area contributed by atoms with E-state index >= 15 is 0 Å². The minimum atomic E-state index is 0.197. The quantitative estimate of drug-likeness (QED) is 0.827. The van der Waals surface area contributed by atoms with Crippen LogP contribution in [0.15, 0.2) is 42.0 Å². The summed E-state index contributed by atoms with van der Waals surface area (Å²) in [4.78, 5) is 22.0. The first-order chi connectivity index (χ1) is 12.8. The maximum Gasteiger partial charge on any atom is 0.263 e. The Morgan fingerprint density at radius 2 is 1.77 bits per heavy atom. The van der Waals surface area contributed by atoms with E-state index in [9.17, 15) is 4.79 Å². The second-order valence-electron chi connectivity index (χ2n) is 7.04. The minimum Gasteiger partial charge on any atom is -0.490 e. The van der Waals surface area contributed by atoms with E-state index in [1.54, 1.807) is 12.4 Å². The van der Waals surface area contributed by atoms with Gasteiger partial charge in [0, 0.05) is 44.6 Å². The number of thiophene rings is 1. The SMILES string of the molecule is O=C(c1cccs1)N1CCC(N2CCC(Oc3ccncc3)CC2)CC1. The zero-order valence-electron chi connectivity index (χ0n) is 14.9. The zero-order valence-corrected chi connectivity index (χ0v) is 15.7. The predicted molar refractivity (Wildman–Crippen MR) is 103 cm³/mol. The average Bonchev–Trinajstić information content (AvgIpc) is 3.24. The summed E-state index contributed by atoms with van der Waals surface area (Å²) in [6.45, 7) is 3.91. The van der Waals surface area contributed by atoms with Crippen LogP contribution < -0.4 is 4.74 Å². The number of piperidine rings is 2. The van der Waals surface area contributed by atoms with Crippen LogP contribution in [-0.2, 0) is 0 Å². The standard InChI is InChI=1S/C20H25N3O2S/c24-20(19-2-1-15-26-19)23-11-5-16(6-12-23)22-13-7-18(8-14-22)25-17-3-9-21-10-4-17/h1-4,9-10,15-16,18H,5-8,11-14H2. The molecule has 0 saturated carbocycles. The lowest BCUT2D eigenvalue weighted by Crippen LogP contribution is -2.50. The van der Waals surface area contributed by atoms with Crippen LogP contribution >= 0.6 is 11.3 Å². The number of pyridine rings is 1. The van der Waals surface area contributed by atoms with Gasteiger partial charge < -0.3 is 9.64 Å². The molecular weight excluding hydrogens is 346 g/mol. The van der Waals surface area contributed by atoms with E-state index in [-0.39, 0.29) is 5.91 Å². The number of amides is 1. The normalized spacial score (nSPS) is 20.2. The van der Waals surface area contributed by atoms with Crippen LogP contribution in [0.2, 0.25) is 0 Å². The first-order valence-electron chi connectivity index (χ1n) is 9.43. The van der Waals surface area contributed by atoms with Gasteiger partial charge in [0.2, 0.25) is 0 Å². The Morgan fingerprint density at radius 3 is 2.42 bits per heavy atom. The molecule has 2 aliphatic heterocycles. The van der Waals surface area contributed by atoms with Gasteiger partial charge in [0.25, 0.3) is 5.91 Å². The molecule has 0 atom stereocenters. The molecule has 2 aromatic rings. The Morgan fingerprint density at radius 1 is 1.04 bits per heavy atom. The third-order valence-electron chi connectivity index (χ3n) is 5.43. The van der Waals surface area contributed by atoms with Gasteiger partial charge in [0.1, 0.15) is 11.9 Å². The number of nitrogens with zero attached hydrogens (tertiary/aromatic N) is 3. The highest BCUT2D eigenvalue weighted by Gasteiger charge is 2.30. The molecule has 2 aromatic heterocycles. The average molecular weight is 372 g/mol. The van der Waals surface area contributed by atoms with Gasteiger partial charge in [-0.05, 0) is 49.3 Å². The van der Waals surface area contributed by atoms with Gasteiger partial charge in [0.05, 0.1) is 4.88 Å². The van der Waals surface area contributed by atoms with Gasteiger partial charge in [-0.1, -0.05) is 6.07 Å². The number of ether oxygens (including phenoxy) is 1. The summed E-state index contributed by atoms with van der Waals surface area (Å²) in [7, 11) is 0. The fourth-order valence-corrected chi connectivity index (χ4v) is 4.65. The summed E-state index contributed by atoms with van der Waals surface area (Å²) in [5.74, 6) is 1.11. The summed E-state index contributed by atoms with van der Waals surface area (Å²) in [6, 6.07) is 8.32. The van der Waals surface area contributed by atoms with E-state index in [2.05, 4.69) is 9.88 Å². The van der Waals surface area contributed by atoms with Crippen molar-refractivity contribution in [2.75, 3.05) is 26.2 Å². The predicted octanol–water partition coefficient (Wildman–Crippen LogP) is 3.29. The van der Waals surface area contributed by atoms with Gasteiger partial charge in [-0.15, -0.1) is 11.3 Å². The first kappa shape index (κ1) is 17.5. The van der Waals surface area contributed by atoms with Crippen molar-refractivity contribution in [1.82, 2.24) is 14.8 Å². The van der Waals surface area contributed by atoms with Gasteiger partial charge in [0.15, 0.2) is 0 Å². The summed E-state index contributed by atoms with van der Waals surface area (Å²) < 4.78 is 6.06. The van der Waals surface area contributed by atoms with Crippen molar-refractivity contribution in [3.8, 4) is 5.75 Å². The van der Waals surface area contributed by atoms with Crippen LogP contribution in [0.25, 0.3) is 0 Å². The van der Waals surface area contributed by atoms with Crippen LogP contribution in [0.5, 0.6) is 5.75 Å². The lowest BCUT2D eigenvalue weighted by Gasteiger charge is -2.41. The molecule has 0 spiro atoms. The Bertz CT molecular complexity index is 691. The molecule has 0 unspecified atom stereocenters. The Labute approximate surface area is 158 Å². The summed E-state index contributed by atoms with van der Waals surface area (Å²) in [5, 5.41) is 1.97. The van der Waals surface area contributed by atoms with Gasteiger partial charge in [-0.25, -0.2) is 0 Å². The Kier molecular flexibility index (Phi) is 5.51. The van der Waals surface area contributed by atoms with E-state index in [1.807, 2.05) is 34.5 Å². The zero-order chi connectivity index (χ0) is 17.8. The molecule has 2 aliphatic rings. The van der Waals surface area contributed by atoms with Gasteiger partial charge in [-0.3, -0.25) is 14.7 Å². The van der Waals surface area contributed by atoms with Crippen molar-refractivity contribution in [2.45, 2.75) is 37.8 Å². The minimum absolute atomic E-state index is 0.197. The second-order valence-corrected chi connectivity index (χ2v) is 7.98. The van der Waals surface area contributed by atoms with Gasteiger partial charge in [-0.2, -0.15) is 0 Å². The summed E-state index contributed by atoms with van der Waals surface area (Å²) >= 11 is 1.53. The van der Waals surface area contributed by atoms with E-state index in [0.717, 1.165) is 62.5 Å². The van der Waals surface area contributed by atoms with Crippen molar-refractivity contribution in [3.05, 3.63) is 46.9 Å². The molecule has 4 rings (SSSR count). The van der Waals surface area contributed by atoms with E-state index in [4.69, 9.17) is 4.74 Å². The summed E-state index contributed by atoms with van der Waals surface area (Å²) in [5.41, 5.74) is 0. The number of rotatable bonds is 4. The number of hydrogen-bond acceptors (Lipinski definition) is 5. The lowest BCUT2D eigenvalue weighted by molar-refractivity contribution is 0.0427. The third kappa shape index (κ3) is 4.07. The number of aromatic nitrogens is 1. The molecule has 6 heteroatoms. The van der Waals surface area contributed by atoms with Crippen LogP contribution in [0.3, 0.4) is 0 Å². The van der Waals surface area contributed by atoms with E-state index in [0.29, 0.717) is 12.1 Å². The molecular formula is C20H25N3O2S. The van der Waals surface area contributed by atoms with Crippen molar-refractivity contribution in [3.63, 3.8) is 0 Å². The molecule has 138 valence electrons. The van der Waals surface area contributed by atoms with E-state index in [1.165, 1.54) is 11.3 Å². The highest BCUT2D eigenvalue weighted by molar-refractivity contribution is 7.12. The smallest absolute Gasteiger partial charge is 0.263 e. The van der Waals surface area contributed by atoms with Crippen LogP contribution in [0.4, 0.5) is 0 Å². The van der Waals surface area contributed by atoms with Crippen LogP contribution in [0, 0.1) is 0 Å². The van der Waals surface area contributed by atoms with Crippen molar-refractivity contribution in [1.29, 1.82) is 0 Å². The molecule has 0 radical (unpaired) electrons. The molecule has 2 fully saturated rings. The number of likely N-dealkylation sites (tertiary alicyclic amines) is 2. The van der Waals surface area contributed by atoms with Crippen molar-refractivity contribution in [2.24, 2.45) is 0 Å². The largest absolute Gasteiger partial charge is 0.490 e. The molecule has 1 amide bonds. The molecule has 26 heavy (non-hydrogen) atoms. The lowest BCUT2D eigenvalue weighted by atomic mass is 9.98. The molecule has 2 saturated heterocycles. The number of carbonyl (C=O) groups is 1. The van der Waals surface area contributed by atoms with Crippen molar-refractivity contribution < 1.29 is 9.53 Å². The topological polar surface area (TPSA) is 45.7 Å². The highest BCUT2D eigenvalue weighted by Crippen LogP contribution is 2.24. The summed E-state index contributed by atoms with van der Waals surface area (Å²) in [6.07, 6.45) is 8.13. The molecule has 5 nitrogen and oxygen atoms in total. The molecule has 4 heterocycles. The maximum atomic E-state index is 12.5. The Hall–Kier alpha value is -1.92. The molecule has 0 aliphatic carbocycles. The molecule has 0 bridgehead atoms. The fraction of sp³-hybridized carbons (Fsp3) is 0.500. The van der Waals surface area contributed by atoms with Crippen LogP contribution in [0.1, 0.15) is 35.4 Å². The fourth-order valence-electron chi connectivity index (χ4n) is 3.96. The van der Waals surface area contributed by atoms with Gasteiger partial charge >= 0.3 is 0 Å². The molecule has 0 aromatic carbocycles.